The van der Waals surface area contributed by atoms with E-state index in [9.17, 15) is 22.8 Å². The number of ether oxygens (including phenoxy) is 1. The van der Waals surface area contributed by atoms with Crippen molar-refractivity contribution in [2.24, 2.45) is 0 Å². The highest BCUT2D eigenvalue weighted by Crippen LogP contribution is 2.25. The molecule has 0 aliphatic carbocycles. The van der Waals surface area contributed by atoms with Crippen LogP contribution in [0, 0.1) is 0 Å². The molecule has 2 fully saturated rings. The summed E-state index contributed by atoms with van der Waals surface area (Å²) in [7, 11) is 3.40. The number of fused-ring (bicyclic) bond motifs is 1. The Hall–Kier alpha value is -2.60. The Kier molecular flexibility index (Phi) is 7.25. The summed E-state index contributed by atoms with van der Waals surface area (Å²) in [6.45, 7) is 2.41. The number of nitrogens with zero attached hydrogens (tertiary/aromatic N) is 3. The van der Waals surface area contributed by atoms with E-state index >= 15 is 0 Å². The molecule has 1 aromatic rings. The third-order valence-electron chi connectivity index (χ3n) is 4.49. The average molecular weight is 421 g/mol. The molecule has 0 aromatic carbocycles. The molecule has 3 rings (SSSR count). The molecule has 9 nitrogen and oxygen atoms in total. The summed E-state index contributed by atoms with van der Waals surface area (Å²) < 4.78 is 42.5. The smallest absolute Gasteiger partial charge is 0.475 e. The number of carboxylic acid groups (broad SMARTS) is 1. The predicted octanol–water partition coefficient (Wildman–Crippen LogP) is 0.413. The van der Waals surface area contributed by atoms with Crippen molar-refractivity contribution in [3.05, 3.63) is 24.2 Å². The van der Waals surface area contributed by atoms with Gasteiger partial charge in [-0.2, -0.15) is 13.2 Å². The number of halogens is 3. The van der Waals surface area contributed by atoms with Gasteiger partial charge in [-0.3, -0.25) is 14.5 Å². The van der Waals surface area contributed by atoms with Gasteiger partial charge in [0, 0.05) is 39.3 Å². The minimum atomic E-state index is -5.08. The molecule has 3 heterocycles. The number of rotatable bonds is 4. The Morgan fingerprint density at radius 3 is 2.48 bits per heavy atom. The van der Waals surface area contributed by atoms with Gasteiger partial charge >= 0.3 is 12.1 Å². The van der Waals surface area contributed by atoms with E-state index in [0.717, 1.165) is 18.7 Å². The standard InChI is InChI=1S/C15H21N3O4.C2HF3O2/c1-16(2)14(19)8-18-12-6-17(5-11-3-4-21-9-11)7-13(12)22-10-15(18)20;3-2(4,5)1(6)7/h3-4,9,12-13H,5-8,10H2,1-2H3;(H,6,7)/t12-,13-;/m1./s1. The van der Waals surface area contributed by atoms with Crippen LogP contribution in [0.25, 0.3) is 0 Å². The van der Waals surface area contributed by atoms with Gasteiger partial charge in [0.15, 0.2) is 0 Å². The molecule has 2 aliphatic heterocycles. The van der Waals surface area contributed by atoms with E-state index in [1.807, 2.05) is 6.07 Å². The molecule has 2 saturated heterocycles. The second-order valence-electron chi connectivity index (χ2n) is 6.86. The van der Waals surface area contributed by atoms with Crippen LogP contribution in [0.15, 0.2) is 23.0 Å². The first-order chi connectivity index (χ1) is 13.5. The topological polar surface area (TPSA) is 104 Å². The van der Waals surface area contributed by atoms with E-state index in [-0.39, 0.29) is 37.1 Å². The number of morpholine rings is 1. The van der Waals surface area contributed by atoms with Crippen LogP contribution in [0.2, 0.25) is 0 Å². The average Bonchev–Trinajstić information content (AvgIpc) is 3.26. The number of likely N-dealkylation sites (tertiary alicyclic amines) is 1. The van der Waals surface area contributed by atoms with Crippen LogP contribution in [-0.4, -0.2) is 96.2 Å². The first-order valence-corrected chi connectivity index (χ1v) is 8.63. The number of furan rings is 1. The van der Waals surface area contributed by atoms with Gasteiger partial charge in [0.1, 0.15) is 13.2 Å². The highest BCUT2D eigenvalue weighted by Gasteiger charge is 2.43. The molecule has 0 spiro atoms. The minimum absolute atomic E-state index is 0.0282. The van der Waals surface area contributed by atoms with E-state index < -0.39 is 12.1 Å². The lowest BCUT2D eigenvalue weighted by molar-refractivity contribution is -0.192. The SMILES string of the molecule is CN(C)C(=O)CN1C(=O)CO[C@@H]2CN(Cc3ccoc3)C[C@H]21.O=C(O)C(F)(F)F. The number of hydrogen-bond donors (Lipinski definition) is 1. The zero-order valence-corrected chi connectivity index (χ0v) is 15.9. The van der Waals surface area contributed by atoms with Crippen LogP contribution < -0.4 is 0 Å². The summed E-state index contributed by atoms with van der Waals surface area (Å²) >= 11 is 0. The maximum absolute atomic E-state index is 12.1. The summed E-state index contributed by atoms with van der Waals surface area (Å²) in [5, 5.41) is 7.12. The fraction of sp³-hybridized carbons (Fsp3) is 0.588. The Labute approximate surface area is 164 Å². The van der Waals surface area contributed by atoms with Gasteiger partial charge in [-0.25, -0.2) is 4.79 Å². The van der Waals surface area contributed by atoms with E-state index in [4.69, 9.17) is 19.1 Å². The van der Waals surface area contributed by atoms with Gasteiger partial charge in [0.05, 0.1) is 24.7 Å². The Balaban J connectivity index is 0.000000370. The lowest BCUT2D eigenvalue weighted by Crippen LogP contribution is -2.56. The molecule has 12 heteroatoms. The van der Waals surface area contributed by atoms with Gasteiger partial charge in [-0.1, -0.05) is 0 Å². The number of aliphatic carboxylic acids is 1. The van der Waals surface area contributed by atoms with Crippen molar-refractivity contribution in [2.45, 2.75) is 24.9 Å². The van der Waals surface area contributed by atoms with E-state index in [0.29, 0.717) is 6.54 Å². The van der Waals surface area contributed by atoms with E-state index in [1.165, 1.54) is 4.90 Å². The molecule has 1 N–H and O–H groups in total. The Morgan fingerprint density at radius 2 is 1.97 bits per heavy atom. The molecule has 0 unspecified atom stereocenters. The van der Waals surface area contributed by atoms with Crippen LogP contribution in [0.3, 0.4) is 0 Å². The highest BCUT2D eigenvalue weighted by molar-refractivity contribution is 5.86. The minimum Gasteiger partial charge on any atom is -0.475 e. The molecular formula is C17H22F3N3O6. The number of likely N-dealkylation sites (N-methyl/N-ethyl adjacent to an activating group) is 1. The molecule has 162 valence electrons. The summed E-state index contributed by atoms with van der Waals surface area (Å²) in [5.41, 5.74) is 1.10. The zero-order valence-electron chi connectivity index (χ0n) is 15.9. The molecule has 2 amide bonds. The zero-order chi connectivity index (χ0) is 21.8. The third kappa shape index (κ3) is 6.19. The van der Waals surface area contributed by atoms with Gasteiger partial charge in [-0.05, 0) is 6.07 Å². The normalized spacial score (nSPS) is 22.0. The Bertz CT molecular complexity index is 722. The van der Waals surface area contributed by atoms with Crippen LogP contribution in [-0.2, 0) is 25.7 Å². The van der Waals surface area contributed by atoms with E-state index in [2.05, 4.69) is 4.90 Å². The monoisotopic (exact) mass is 421 g/mol. The van der Waals surface area contributed by atoms with Crippen molar-refractivity contribution in [2.75, 3.05) is 40.3 Å². The molecule has 2 aliphatic rings. The summed E-state index contributed by atoms with van der Waals surface area (Å²) in [6, 6.07) is 1.87. The van der Waals surface area contributed by atoms with Gasteiger partial charge < -0.3 is 24.1 Å². The second-order valence-corrected chi connectivity index (χ2v) is 6.86. The molecule has 1 aromatic heterocycles. The third-order valence-corrected chi connectivity index (χ3v) is 4.49. The van der Waals surface area contributed by atoms with Gasteiger partial charge in [-0.15, -0.1) is 0 Å². The van der Waals surface area contributed by atoms with Crippen molar-refractivity contribution in [3.63, 3.8) is 0 Å². The van der Waals surface area contributed by atoms with Crippen molar-refractivity contribution >= 4 is 17.8 Å². The maximum atomic E-state index is 12.1. The molecule has 0 bridgehead atoms. The highest BCUT2D eigenvalue weighted by atomic mass is 19.4. The molecule has 0 saturated carbocycles. The quantitative estimate of drug-likeness (QED) is 0.751. The van der Waals surface area contributed by atoms with Gasteiger partial charge in [0.2, 0.25) is 11.8 Å². The number of carboxylic acids is 1. The largest absolute Gasteiger partial charge is 0.490 e. The molecule has 0 radical (unpaired) electrons. The summed E-state index contributed by atoms with van der Waals surface area (Å²) in [6.07, 6.45) is -1.73. The van der Waals surface area contributed by atoms with Gasteiger partial charge in [0.25, 0.3) is 0 Å². The molecule has 29 heavy (non-hydrogen) atoms. The number of amides is 2. The van der Waals surface area contributed by atoms with Crippen LogP contribution >= 0.6 is 0 Å². The summed E-state index contributed by atoms with van der Waals surface area (Å²) in [4.78, 5) is 38.4. The van der Waals surface area contributed by atoms with Crippen LogP contribution in [0.5, 0.6) is 0 Å². The van der Waals surface area contributed by atoms with E-state index in [1.54, 1.807) is 31.5 Å². The van der Waals surface area contributed by atoms with Crippen molar-refractivity contribution in [3.8, 4) is 0 Å². The lowest BCUT2D eigenvalue weighted by atomic mass is 10.1. The first kappa shape index (κ1) is 22.7. The fourth-order valence-corrected chi connectivity index (χ4v) is 3.00. The predicted molar refractivity (Wildman–Crippen MR) is 91.6 cm³/mol. The maximum Gasteiger partial charge on any atom is 0.490 e. The second kappa shape index (κ2) is 9.27. The summed E-state index contributed by atoms with van der Waals surface area (Å²) in [5.74, 6) is -2.93. The van der Waals surface area contributed by atoms with Crippen molar-refractivity contribution < 1.29 is 41.8 Å². The number of carbonyl (C=O) groups excluding carboxylic acids is 2. The number of hydrogen-bond acceptors (Lipinski definition) is 6. The first-order valence-electron chi connectivity index (χ1n) is 8.63. The molecular weight excluding hydrogens is 399 g/mol. The fourth-order valence-electron chi connectivity index (χ4n) is 3.00. The molecule has 2 atom stereocenters. The number of alkyl halides is 3. The van der Waals surface area contributed by atoms with Crippen molar-refractivity contribution in [1.29, 1.82) is 0 Å². The van der Waals surface area contributed by atoms with Crippen molar-refractivity contribution in [1.82, 2.24) is 14.7 Å². The Morgan fingerprint density at radius 1 is 1.31 bits per heavy atom. The van der Waals surface area contributed by atoms with Crippen LogP contribution in [0.1, 0.15) is 5.56 Å². The lowest BCUT2D eigenvalue weighted by Gasteiger charge is -2.36. The number of carbonyl (C=O) groups is 3. The van der Waals surface area contributed by atoms with Crippen LogP contribution in [0.4, 0.5) is 13.2 Å².